The van der Waals surface area contributed by atoms with Crippen LogP contribution in [0.1, 0.15) is 62.9 Å². The van der Waals surface area contributed by atoms with Crippen LogP contribution >= 0.6 is 12.6 Å². The zero-order valence-corrected chi connectivity index (χ0v) is 18.3. The molecular formula is C20H32N4O3S. The van der Waals surface area contributed by atoms with Crippen LogP contribution in [0.4, 0.5) is 0 Å². The molecule has 0 aromatic carbocycles. The van der Waals surface area contributed by atoms with Crippen molar-refractivity contribution in [3.63, 3.8) is 0 Å². The molecule has 1 aromatic heterocycles. The van der Waals surface area contributed by atoms with E-state index in [2.05, 4.69) is 61.0 Å². The van der Waals surface area contributed by atoms with Gasteiger partial charge in [-0.15, -0.1) is 0 Å². The number of amides is 2. The number of thiol groups is 1. The largest absolute Gasteiger partial charge is 0.357 e. The minimum absolute atomic E-state index is 0.0581. The van der Waals surface area contributed by atoms with Crippen molar-refractivity contribution in [3.8, 4) is 0 Å². The average Bonchev–Trinajstić information content (AvgIpc) is 2.64. The number of likely N-dealkylation sites (N-methyl/N-ethyl adjacent to an activating group) is 1. The molecule has 0 saturated carbocycles. The summed E-state index contributed by atoms with van der Waals surface area (Å²) in [4.78, 5) is 34.6. The molecule has 0 radical (unpaired) electrons. The molecule has 1 unspecified atom stereocenters. The smallest absolute Gasteiger partial charge is 0.253 e. The Balaban J connectivity index is 2.06. The highest BCUT2D eigenvalue weighted by atomic mass is 32.1. The Morgan fingerprint density at radius 2 is 1.89 bits per heavy atom. The van der Waals surface area contributed by atoms with Gasteiger partial charge in [0.05, 0.1) is 12.2 Å². The Morgan fingerprint density at radius 3 is 2.46 bits per heavy atom. The van der Waals surface area contributed by atoms with Gasteiger partial charge in [0.25, 0.3) is 5.91 Å². The molecule has 2 N–H and O–H groups in total. The van der Waals surface area contributed by atoms with Crippen LogP contribution in [-0.2, 0) is 16.2 Å². The van der Waals surface area contributed by atoms with Gasteiger partial charge in [0.1, 0.15) is 6.04 Å². The van der Waals surface area contributed by atoms with Gasteiger partial charge >= 0.3 is 0 Å². The van der Waals surface area contributed by atoms with Gasteiger partial charge in [-0.25, -0.2) is 0 Å². The predicted molar refractivity (Wildman–Crippen MR) is 112 cm³/mol. The first-order chi connectivity index (χ1) is 13.1. The van der Waals surface area contributed by atoms with Gasteiger partial charge < -0.3 is 10.6 Å². The maximum absolute atomic E-state index is 12.5. The number of carbonyl (C=O) groups is 2. The van der Waals surface area contributed by atoms with E-state index in [-0.39, 0.29) is 28.6 Å². The van der Waals surface area contributed by atoms with Crippen molar-refractivity contribution in [2.45, 2.75) is 70.7 Å². The summed E-state index contributed by atoms with van der Waals surface area (Å²) in [6.07, 6.45) is 6.49. The van der Waals surface area contributed by atoms with Gasteiger partial charge in [-0.05, 0) is 58.6 Å². The molecular weight excluding hydrogens is 376 g/mol. The topological polar surface area (TPSA) is 83.6 Å². The fraction of sp³-hybridized carbons (Fsp3) is 0.650. The molecule has 0 spiro atoms. The normalized spacial score (nSPS) is 19.6. The number of piperidine rings is 1. The first-order valence-electron chi connectivity index (χ1n) is 9.61. The van der Waals surface area contributed by atoms with Crippen LogP contribution in [0, 0.1) is 0 Å². The molecule has 8 heteroatoms. The summed E-state index contributed by atoms with van der Waals surface area (Å²) in [7, 11) is 1.52. The van der Waals surface area contributed by atoms with Crippen LogP contribution in [0.3, 0.4) is 0 Å². The number of rotatable bonds is 7. The second-order valence-electron chi connectivity index (χ2n) is 8.45. The zero-order valence-electron chi connectivity index (χ0n) is 17.4. The van der Waals surface area contributed by atoms with E-state index in [1.165, 1.54) is 19.7 Å². The van der Waals surface area contributed by atoms with E-state index in [0.29, 0.717) is 12.2 Å². The lowest BCUT2D eigenvalue weighted by molar-refractivity contribution is -0.288. The third-order valence-electron chi connectivity index (χ3n) is 5.14. The summed E-state index contributed by atoms with van der Waals surface area (Å²) in [6, 6.07) is 1.04. The van der Waals surface area contributed by atoms with Gasteiger partial charge in [-0.3, -0.25) is 19.4 Å². The van der Waals surface area contributed by atoms with E-state index in [4.69, 9.17) is 4.84 Å². The monoisotopic (exact) mass is 408 g/mol. The summed E-state index contributed by atoms with van der Waals surface area (Å²) < 4.78 is 0. The maximum atomic E-state index is 12.5. The molecule has 2 amide bonds. The molecule has 0 aliphatic carbocycles. The number of pyridine rings is 1. The highest BCUT2D eigenvalue weighted by Crippen LogP contribution is 2.38. The summed E-state index contributed by atoms with van der Waals surface area (Å²) >= 11 is 4.12. The summed E-state index contributed by atoms with van der Waals surface area (Å²) in [5.74, 6) is -0.443. The summed E-state index contributed by atoms with van der Waals surface area (Å²) in [6.45, 7) is 9.07. The van der Waals surface area contributed by atoms with E-state index < -0.39 is 6.04 Å². The molecule has 1 aliphatic rings. The number of carbonyl (C=O) groups excluding carboxylic acids is 2. The predicted octanol–water partition coefficient (Wildman–Crippen LogP) is 2.33. The Hall–Kier alpha value is -1.64. The minimum atomic E-state index is -0.698. The van der Waals surface area contributed by atoms with E-state index >= 15 is 0 Å². The number of nitrogens with one attached hydrogen (secondary N) is 2. The lowest BCUT2D eigenvalue weighted by atomic mass is 9.82. The fourth-order valence-corrected chi connectivity index (χ4v) is 4.02. The van der Waals surface area contributed by atoms with Crippen LogP contribution in [0.5, 0.6) is 0 Å². The average molecular weight is 409 g/mol. The first kappa shape index (κ1) is 22.6. The molecule has 7 nitrogen and oxygen atoms in total. The van der Waals surface area contributed by atoms with E-state index in [9.17, 15) is 9.59 Å². The Labute approximate surface area is 173 Å². The van der Waals surface area contributed by atoms with E-state index in [1.807, 2.05) is 0 Å². The lowest BCUT2D eigenvalue weighted by Crippen LogP contribution is -2.58. The Kier molecular flexibility index (Phi) is 7.47. The molecule has 1 saturated heterocycles. The van der Waals surface area contributed by atoms with Crippen LogP contribution in [0.25, 0.3) is 0 Å². The molecule has 2 heterocycles. The molecule has 0 bridgehead atoms. The minimum Gasteiger partial charge on any atom is -0.357 e. The Morgan fingerprint density at radius 1 is 1.25 bits per heavy atom. The number of hydrogen-bond donors (Lipinski definition) is 3. The fourth-order valence-electron chi connectivity index (χ4n) is 3.77. The zero-order chi connectivity index (χ0) is 20.9. The van der Waals surface area contributed by atoms with E-state index in [0.717, 1.165) is 18.4 Å². The Bertz CT molecular complexity index is 692. The quantitative estimate of drug-likeness (QED) is 0.603. The molecule has 2 rings (SSSR count). The van der Waals surface area contributed by atoms with Crippen molar-refractivity contribution >= 4 is 24.4 Å². The second kappa shape index (κ2) is 9.24. The van der Waals surface area contributed by atoms with Crippen LogP contribution in [0.2, 0.25) is 0 Å². The first-order valence-corrected chi connectivity index (χ1v) is 10.2. The van der Waals surface area contributed by atoms with E-state index in [1.54, 1.807) is 12.3 Å². The van der Waals surface area contributed by atoms with Gasteiger partial charge in [0, 0.05) is 36.3 Å². The molecule has 1 fully saturated rings. The third kappa shape index (κ3) is 5.46. The molecule has 156 valence electrons. The van der Waals surface area contributed by atoms with Crippen molar-refractivity contribution in [3.05, 3.63) is 29.6 Å². The number of hydroxylamine groups is 2. The van der Waals surface area contributed by atoms with Crippen molar-refractivity contribution in [2.75, 3.05) is 12.8 Å². The van der Waals surface area contributed by atoms with Crippen LogP contribution < -0.4 is 10.6 Å². The van der Waals surface area contributed by atoms with Crippen molar-refractivity contribution in [1.29, 1.82) is 0 Å². The molecule has 1 atom stereocenters. The van der Waals surface area contributed by atoms with Crippen LogP contribution in [-0.4, -0.2) is 51.8 Å². The van der Waals surface area contributed by atoms with Crippen molar-refractivity contribution in [1.82, 2.24) is 20.7 Å². The van der Waals surface area contributed by atoms with Gasteiger partial charge in [0.15, 0.2) is 0 Å². The van der Waals surface area contributed by atoms with Crippen LogP contribution in [0.15, 0.2) is 18.5 Å². The number of hydrogen-bond acceptors (Lipinski definition) is 6. The maximum Gasteiger partial charge on any atom is 0.253 e. The standard InChI is InChI=1S/C20H32N4O3S/c1-19(2)7-6-8-20(3,4)24(19)27-12-14-9-15(11-22-10-14)17(25)23-16(13-28)18(26)21-5/h9-11,16,28H,6-8,12-13H2,1-5H3,(H,21,26)(H,23,25). The number of nitrogens with zero attached hydrogens (tertiary/aromatic N) is 2. The van der Waals surface area contributed by atoms with Gasteiger partial charge in [-0.2, -0.15) is 17.7 Å². The van der Waals surface area contributed by atoms with Crippen molar-refractivity contribution in [2.24, 2.45) is 0 Å². The van der Waals surface area contributed by atoms with Gasteiger partial charge in [0.2, 0.25) is 5.91 Å². The summed E-state index contributed by atoms with van der Waals surface area (Å²) in [5.41, 5.74) is 1.07. The molecule has 28 heavy (non-hydrogen) atoms. The van der Waals surface area contributed by atoms with Crippen molar-refractivity contribution < 1.29 is 14.4 Å². The molecule has 1 aromatic rings. The molecule has 1 aliphatic heterocycles. The SMILES string of the molecule is CNC(=O)C(CS)NC(=O)c1cncc(CON2C(C)(C)CCCC2(C)C)c1. The summed E-state index contributed by atoms with van der Waals surface area (Å²) in [5, 5.41) is 7.27. The third-order valence-corrected chi connectivity index (χ3v) is 5.51. The highest BCUT2D eigenvalue weighted by molar-refractivity contribution is 7.80. The highest BCUT2D eigenvalue weighted by Gasteiger charge is 2.42. The lowest BCUT2D eigenvalue weighted by Gasteiger charge is -2.51. The number of aromatic nitrogens is 1. The van der Waals surface area contributed by atoms with Gasteiger partial charge in [-0.1, -0.05) is 0 Å². The second-order valence-corrected chi connectivity index (χ2v) is 8.82.